The average Bonchev–Trinajstić information content (AvgIpc) is 2.93. The zero-order chi connectivity index (χ0) is 18.4. The number of ether oxygens (including phenoxy) is 1. The number of hydrogen-bond acceptors (Lipinski definition) is 4. The van der Waals surface area contributed by atoms with E-state index in [2.05, 4.69) is 5.10 Å². The first-order chi connectivity index (χ1) is 11.7. The van der Waals surface area contributed by atoms with Crippen LogP contribution in [0.2, 0.25) is 0 Å². The smallest absolute Gasteiger partial charge is 0.396 e. The highest BCUT2D eigenvalue weighted by atomic mass is 19.4. The highest BCUT2D eigenvalue weighted by molar-refractivity contribution is 6.08. The number of alkyl halides is 3. The van der Waals surface area contributed by atoms with Crippen LogP contribution in [0.3, 0.4) is 0 Å². The molecule has 25 heavy (non-hydrogen) atoms. The Morgan fingerprint density at radius 1 is 1.40 bits per heavy atom. The third-order valence-corrected chi connectivity index (χ3v) is 4.14. The minimum Gasteiger partial charge on any atom is -0.396 e. The number of carbonyl (C=O) groups is 1. The molecule has 3 rings (SSSR count). The number of amides is 1. The Kier molecular flexibility index (Phi) is 4.19. The lowest BCUT2D eigenvalue weighted by atomic mass is 10.0. The molecule has 1 aromatic heterocycles. The van der Waals surface area contributed by atoms with E-state index in [9.17, 15) is 18.0 Å². The Labute approximate surface area is 142 Å². The van der Waals surface area contributed by atoms with Crippen LogP contribution in [0.5, 0.6) is 0 Å². The first kappa shape index (κ1) is 17.3. The van der Waals surface area contributed by atoms with Gasteiger partial charge in [0.15, 0.2) is 0 Å². The Hall–Kier alpha value is -2.55. The van der Waals surface area contributed by atoms with Gasteiger partial charge in [-0.25, -0.2) is 0 Å². The van der Waals surface area contributed by atoms with E-state index >= 15 is 0 Å². The summed E-state index contributed by atoms with van der Waals surface area (Å²) >= 11 is 0. The van der Waals surface area contributed by atoms with E-state index in [0.29, 0.717) is 5.69 Å². The number of nitrogen functional groups attached to an aromatic ring is 1. The number of aromatic nitrogens is 2. The van der Waals surface area contributed by atoms with Crippen molar-refractivity contribution in [1.82, 2.24) is 9.78 Å². The van der Waals surface area contributed by atoms with Crippen LogP contribution in [-0.4, -0.2) is 29.3 Å². The molecule has 1 aliphatic rings. The van der Waals surface area contributed by atoms with Gasteiger partial charge in [-0.3, -0.25) is 9.48 Å². The molecule has 6 nitrogen and oxygen atoms in total. The minimum absolute atomic E-state index is 0.0278. The summed E-state index contributed by atoms with van der Waals surface area (Å²) < 4.78 is 45.8. The SMILES string of the molecule is COCc1cc(N2C[C@H](C)n3ncc(N)c3C2=O)ccc1C(F)(F)F. The number of nitrogens with zero attached hydrogens (tertiary/aromatic N) is 3. The van der Waals surface area contributed by atoms with Gasteiger partial charge < -0.3 is 15.4 Å². The summed E-state index contributed by atoms with van der Waals surface area (Å²) in [4.78, 5) is 14.1. The molecule has 0 saturated carbocycles. The van der Waals surface area contributed by atoms with Gasteiger partial charge in [-0.15, -0.1) is 0 Å². The van der Waals surface area contributed by atoms with Gasteiger partial charge in [-0.05, 0) is 30.7 Å². The van der Waals surface area contributed by atoms with Crippen molar-refractivity contribution in [2.45, 2.75) is 25.7 Å². The third kappa shape index (κ3) is 2.95. The summed E-state index contributed by atoms with van der Waals surface area (Å²) in [6.45, 7) is 1.93. The maximum Gasteiger partial charge on any atom is 0.416 e. The lowest BCUT2D eigenvalue weighted by molar-refractivity contribution is -0.138. The molecular weight excluding hydrogens is 337 g/mol. The lowest BCUT2D eigenvalue weighted by Gasteiger charge is -2.32. The molecule has 0 bridgehead atoms. The molecule has 0 radical (unpaired) electrons. The van der Waals surface area contributed by atoms with Crippen LogP contribution in [0.15, 0.2) is 24.4 Å². The predicted octanol–water partition coefficient (Wildman–Crippen LogP) is 2.85. The number of fused-ring (bicyclic) bond motifs is 1. The van der Waals surface area contributed by atoms with Crippen molar-refractivity contribution < 1.29 is 22.7 Å². The zero-order valence-electron chi connectivity index (χ0n) is 13.7. The summed E-state index contributed by atoms with van der Waals surface area (Å²) in [5, 5.41) is 4.08. The van der Waals surface area contributed by atoms with Gasteiger partial charge in [0.25, 0.3) is 5.91 Å². The van der Waals surface area contributed by atoms with E-state index in [1.807, 2.05) is 6.92 Å². The van der Waals surface area contributed by atoms with Crippen LogP contribution >= 0.6 is 0 Å². The highest BCUT2D eigenvalue weighted by Gasteiger charge is 2.36. The number of benzene rings is 1. The molecule has 0 aliphatic carbocycles. The standard InChI is InChI=1S/C16H17F3N4O2/c1-9-7-22(15(24)14-13(20)6-21-23(9)14)11-3-4-12(16(17,18)19)10(5-11)8-25-2/h3-6,9H,7-8,20H2,1-2H3/t9-/m0/s1. The molecule has 1 amide bonds. The number of hydrogen-bond donors (Lipinski definition) is 1. The summed E-state index contributed by atoms with van der Waals surface area (Å²) in [6, 6.07) is 3.43. The first-order valence-corrected chi connectivity index (χ1v) is 7.58. The molecule has 0 unspecified atom stereocenters. The minimum atomic E-state index is -4.49. The third-order valence-electron chi connectivity index (χ3n) is 4.14. The second-order valence-electron chi connectivity index (χ2n) is 5.93. The van der Waals surface area contributed by atoms with Gasteiger partial charge in [-0.2, -0.15) is 18.3 Å². The van der Waals surface area contributed by atoms with E-state index in [0.717, 1.165) is 6.07 Å². The van der Waals surface area contributed by atoms with Crippen LogP contribution < -0.4 is 10.6 Å². The van der Waals surface area contributed by atoms with Crippen molar-refractivity contribution in [3.8, 4) is 0 Å². The van der Waals surface area contributed by atoms with Gasteiger partial charge >= 0.3 is 6.18 Å². The Balaban J connectivity index is 2.04. The van der Waals surface area contributed by atoms with Gasteiger partial charge in [0.1, 0.15) is 5.69 Å². The molecule has 1 aliphatic heterocycles. The largest absolute Gasteiger partial charge is 0.416 e. The first-order valence-electron chi connectivity index (χ1n) is 7.58. The van der Waals surface area contributed by atoms with E-state index in [-0.39, 0.29) is 36.1 Å². The normalized spacial score (nSPS) is 17.7. The Morgan fingerprint density at radius 3 is 2.76 bits per heavy atom. The maximum atomic E-state index is 13.1. The monoisotopic (exact) mass is 354 g/mol. The number of halogens is 3. The van der Waals surface area contributed by atoms with Gasteiger partial charge in [-0.1, -0.05) is 0 Å². The number of rotatable bonds is 3. The van der Waals surface area contributed by atoms with E-state index in [1.165, 1.54) is 35.0 Å². The predicted molar refractivity (Wildman–Crippen MR) is 85.2 cm³/mol. The number of anilines is 2. The van der Waals surface area contributed by atoms with Crippen LogP contribution in [0, 0.1) is 0 Å². The molecule has 0 saturated heterocycles. The summed E-state index contributed by atoms with van der Waals surface area (Å²) in [5.74, 6) is -0.392. The zero-order valence-corrected chi connectivity index (χ0v) is 13.7. The molecule has 1 atom stereocenters. The quantitative estimate of drug-likeness (QED) is 0.920. The fourth-order valence-corrected chi connectivity index (χ4v) is 3.01. The van der Waals surface area contributed by atoms with E-state index < -0.39 is 17.6 Å². The topological polar surface area (TPSA) is 73.4 Å². The summed E-state index contributed by atoms with van der Waals surface area (Å²) in [5.41, 5.74) is 5.86. The van der Waals surface area contributed by atoms with Gasteiger partial charge in [0.05, 0.1) is 30.1 Å². The van der Waals surface area contributed by atoms with Crippen LogP contribution in [-0.2, 0) is 17.5 Å². The number of methoxy groups -OCH3 is 1. The van der Waals surface area contributed by atoms with Crippen molar-refractivity contribution in [3.63, 3.8) is 0 Å². The lowest BCUT2D eigenvalue weighted by Crippen LogP contribution is -2.43. The van der Waals surface area contributed by atoms with Crippen molar-refractivity contribution in [3.05, 3.63) is 41.2 Å². The van der Waals surface area contributed by atoms with Crippen molar-refractivity contribution in [2.24, 2.45) is 0 Å². The van der Waals surface area contributed by atoms with E-state index in [4.69, 9.17) is 10.5 Å². The molecule has 0 fully saturated rings. The number of nitrogens with two attached hydrogens (primary N) is 1. The molecule has 2 N–H and O–H groups in total. The molecular formula is C16H17F3N4O2. The molecule has 2 aromatic rings. The molecule has 0 spiro atoms. The molecule has 134 valence electrons. The number of carbonyl (C=O) groups excluding carboxylic acids is 1. The van der Waals surface area contributed by atoms with Crippen molar-refractivity contribution >= 4 is 17.3 Å². The summed E-state index contributed by atoms with van der Waals surface area (Å²) in [7, 11) is 1.32. The maximum absolute atomic E-state index is 13.1. The van der Waals surface area contributed by atoms with Crippen molar-refractivity contribution in [2.75, 3.05) is 24.3 Å². The fourth-order valence-electron chi connectivity index (χ4n) is 3.01. The van der Waals surface area contributed by atoms with Crippen LogP contribution in [0.4, 0.5) is 24.5 Å². The van der Waals surface area contributed by atoms with Gasteiger partial charge in [0.2, 0.25) is 0 Å². The highest BCUT2D eigenvalue weighted by Crippen LogP contribution is 2.36. The Morgan fingerprint density at radius 2 is 2.12 bits per heavy atom. The Bertz CT molecular complexity index is 816. The second-order valence-corrected chi connectivity index (χ2v) is 5.93. The van der Waals surface area contributed by atoms with Crippen molar-refractivity contribution in [1.29, 1.82) is 0 Å². The average molecular weight is 354 g/mol. The molecule has 9 heteroatoms. The van der Waals surface area contributed by atoms with E-state index in [1.54, 1.807) is 0 Å². The molecule has 2 heterocycles. The summed E-state index contributed by atoms with van der Waals surface area (Å²) in [6.07, 6.45) is -3.09. The van der Waals surface area contributed by atoms with Gasteiger partial charge in [0, 0.05) is 19.3 Å². The van der Waals surface area contributed by atoms with Crippen LogP contribution in [0.1, 0.15) is 34.6 Å². The molecule has 1 aromatic carbocycles. The fraction of sp³-hybridized carbons (Fsp3) is 0.375. The van der Waals surface area contributed by atoms with Crippen LogP contribution in [0.25, 0.3) is 0 Å². The second kappa shape index (κ2) is 6.07.